The number of hydrogen-bond acceptors (Lipinski definition) is 7. The summed E-state index contributed by atoms with van der Waals surface area (Å²) in [6, 6.07) is 6.70. The van der Waals surface area contributed by atoms with Crippen molar-refractivity contribution in [3.8, 4) is 5.75 Å². The number of benzene rings is 1. The SMILES string of the molecule is C=C(C(CCC(C)CC(C)(C)C)CC(C)C)N1C=CN=C(N)/C1=C(\c1ccc(C(=O)Nc2cc(C(F)(F)F)ccn2)cc1OCC)C(C)CC.CC.CC(=O)C(C)C. The number of nitrogens with zero attached hydrogens (tertiary/aromatic N) is 3. The average molecular weight is 812 g/mol. The van der Waals surface area contributed by atoms with Gasteiger partial charge in [-0.3, -0.25) is 9.59 Å². The summed E-state index contributed by atoms with van der Waals surface area (Å²) in [6.45, 7) is 34.1. The minimum Gasteiger partial charge on any atom is -0.493 e. The maximum Gasteiger partial charge on any atom is 0.416 e. The van der Waals surface area contributed by atoms with Gasteiger partial charge in [0.25, 0.3) is 5.91 Å². The molecule has 0 bridgehead atoms. The fourth-order valence-electron chi connectivity index (χ4n) is 6.62. The first-order valence-corrected chi connectivity index (χ1v) is 20.8. The van der Waals surface area contributed by atoms with Crippen LogP contribution in [0.5, 0.6) is 5.75 Å². The number of aliphatic imine (C=N–C) groups is 1. The third-order valence-electron chi connectivity index (χ3n) is 9.75. The number of pyridine rings is 1. The Labute approximate surface area is 347 Å². The molecule has 1 aromatic heterocycles. The van der Waals surface area contributed by atoms with E-state index in [1.165, 1.54) is 0 Å². The first kappa shape index (κ1) is 51.6. The molecule has 0 radical (unpaired) electrons. The number of alkyl halides is 3. The number of Topliss-reactive ketones (excluding diaryl/α,β-unsaturated/α-hetero) is 1. The molecule has 3 N–H and O–H groups in total. The first-order valence-electron chi connectivity index (χ1n) is 20.8. The summed E-state index contributed by atoms with van der Waals surface area (Å²) in [5, 5.41) is 2.49. The molecule has 2 aromatic rings. The molecule has 3 unspecified atom stereocenters. The molecule has 11 heteroatoms. The number of carbonyl (C=O) groups excluding carboxylic acids is 2. The minimum atomic E-state index is -4.57. The van der Waals surface area contributed by atoms with Crippen LogP contribution in [-0.2, 0) is 11.0 Å². The zero-order valence-corrected chi connectivity index (χ0v) is 37.7. The Balaban J connectivity index is 0.00000192. The summed E-state index contributed by atoms with van der Waals surface area (Å²) in [7, 11) is 0. The Bertz CT molecular complexity index is 1740. The van der Waals surface area contributed by atoms with E-state index in [2.05, 4.69) is 82.2 Å². The molecule has 1 amide bonds. The van der Waals surface area contributed by atoms with Crippen LogP contribution in [0, 0.1) is 35.0 Å². The quantitative estimate of drug-likeness (QED) is 0.175. The standard InChI is InChI=1S/C40H56F3N5O2.C5H10O.C2H6/c1-11-27(6)35(32-16-15-30(22-33(32)50-12-2)38(49)47-34-23-31(17-18-45-34)40(41,42)43)36-37(44)46-19-20-48(36)28(7)29(21-25(3)4)14-13-26(5)24-39(8,9)10;1-4(2)5(3)6;1-2/h15-20,22-23,25-27,29H,7,11-14,21,24H2,1-6,8-10H3,(H2,44,46)(H,45,47,49);4H,1-3H3;1-2H3/b36-35+;;. The normalized spacial score (nSPS) is 15.3. The van der Waals surface area contributed by atoms with Gasteiger partial charge in [-0.25, -0.2) is 9.98 Å². The topological polar surface area (TPSA) is 110 Å². The number of carbonyl (C=O) groups is 2. The van der Waals surface area contributed by atoms with Gasteiger partial charge in [-0.15, -0.1) is 0 Å². The Morgan fingerprint density at radius 3 is 2.12 bits per heavy atom. The van der Waals surface area contributed by atoms with Gasteiger partial charge in [0.2, 0.25) is 0 Å². The zero-order chi connectivity index (χ0) is 44.5. The van der Waals surface area contributed by atoms with Crippen molar-refractivity contribution < 1.29 is 27.5 Å². The lowest BCUT2D eigenvalue weighted by atomic mass is 9.80. The third-order valence-corrected chi connectivity index (χ3v) is 9.75. The Kier molecular flexibility index (Phi) is 21.2. The lowest BCUT2D eigenvalue weighted by Gasteiger charge is -2.36. The summed E-state index contributed by atoms with van der Waals surface area (Å²) >= 11 is 0. The van der Waals surface area contributed by atoms with Gasteiger partial charge in [0.15, 0.2) is 0 Å². The monoisotopic (exact) mass is 812 g/mol. The number of anilines is 1. The van der Waals surface area contributed by atoms with Crippen LogP contribution in [-0.4, -0.2) is 34.0 Å². The molecule has 1 aromatic carbocycles. The molecule has 0 saturated heterocycles. The van der Waals surface area contributed by atoms with Gasteiger partial charge in [-0.05, 0) is 98.5 Å². The van der Waals surface area contributed by atoms with E-state index in [9.17, 15) is 22.8 Å². The van der Waals surface area contributed by atoms with Gasteiger partial charge < -0.3 is 20.7 Å². The molecule has 3 atom stereocenters. The average Bonchev–Trinajstić information content (AvgIpc) is 3.14. The smallest absolute Gasteiger partial charge is 0.416 e. The number of hydrogen-bond donors (Lipinski definition) is 2. The Morgan fingerprint density at radius 1 is 0.983 bits per heavy atom. The van der Waals surface area contributed by atoms with E-state index in [1.807, 2.05) is 40.8 Å². The van der Waals surface area contributed by atoms with Crippen molar-refractivity contribution >= 4 is 28.9 Å². The maximum atomic E-state index is 13.3. The van der Waals surface area contributed by atoms with E-state index >= 15 is 0 Å². The number of amidine groups is 1. The van der Waals surface area contributed by atoms with E-state index in [-0.39, 0.29) is 40.3 Å². The summed E-state index contributed by atoms with van der Waals surface area (Å²) in [6.07, 6.45) is 5.05. The van der Waals surface area contributed by atoms with E-state index in [0.717, 1.165) is 73.0 Å². The summed E-state index contributed by atoms with van der Waals surface area (Å²) in [5.74, 6) is 1.70. The molecular formula is C47H72F3N5O3. The van der Waals surface area contributed by atoms with Crippen molar-refractivity contribution in [2.24, 2.45) is 45.7 Å². The van der Waals surface area contributed by atoms with E-state index in [4.69, 9.17) is 10.5 Å². The fraction of sp³-hybridized carbons (Fsp3) is 0.574. The number of amides is 1. The van der Waals surface area contributed by atoms with Crippen LogP contribution < -0.4 is 15.8 Å². The highest BCUT2D eigenvalue weighted by Gasteiger charge is 2.32. The van der Waals surface area contributed by atoms with E-state index < -0.39 is 17.6 Å². The number of ether oxygens (including phenoxy) is 1. The van der Waals surface area contributed by atoms with Gasteiger partial charge in [-0.1, -0.05) is 102 Å². The Morgan fingerprint density at radius 2 is 1.60 bits per heavy atom. The second-order valence-electron chi connectivity index (χ2n) is 16.8. The van der Waals surface area contributed by atoms with Crippen molar-refractivity contribution in [3.63, 3.8) is 0 Å². The van der Waals surface area contributed by atoms with Crippen molar-refractivity contribution in [1.82, 2.24) is 9.88 Å². The lowest BCUT2D eigenvalue weighted by molar-refractivity contribution is -0.137. The molecule has 0 aliphatic carbocycles. The summed E-state index contributed by atoms with van der Waals surface area (Å²) < 4.78 is 45.9. The van der Waals surface area contributed by atoms with Crippen LogP contribution in [0.25, 0.3) is 5.57 Å². The molecule has 0 saturated carbocycles. The first-order chi connectivity index (χ1) is 27.0. The molecule has 324 valence electrons. The van der Waals surface area contributed by atoms with Crippen LogP contribution in [0.15, 0.2) is 71.9 Å². The number of nitrogens with two attached hydrogens (primary N) is 1. The number of halogens is 3. The van der Waals surface area contributed by atoms with Crippen molar-refractivity contribution in [3.05, 3.63) is 83.6 Å². The van der Waals surface area contributed by atoms with Crippen molar-refractivity contribution in [1.29, 1.82) is 0 Å². The second-order valence-corrected chi connectivity index (χ2v) is 16.8. The van der Waals surface area contributed by atoms with Gasteiger partial charge in [0, 0.05) is 41.3 Å². The molecule has 3 rings (SSSR count). The van der Waals surface area contributed by atoms with Crippen LogP contribution >= 0.6 is 0 Å². The van der Waals surface area contributed by atoms with Crippen molar-refractivity contribution in [2.75, 3.05) is 11.9 Å². The predicted octanol–water partition coefficient (Wildman–Crippen LogP) is 12.9. The fourth-order valence-corrected chi connectivity index (χ4v) is 6.62. The van der Waals surface area contributed by atoms with Crippen LogP contribution in [0.1, 0.15) is 151 Å². The zero-order valence-electron chi connectivity index (χ0n) is 37.7. The number of rotatable bonds is 16. The van der Waals surface area contributed by atoms with Crippen molar-refractivity contribution in [2.45, 2.75) is 135 Å². The highest BCUT2D eigenvalue weighted by atomic mass is 19.4. The minimum absolute atomic E-state index is 0.00379. The molecule has 0 fully saturated rings. The van der Waals surface area contributed by atoms with Crippen LogP contribution in [0.3, 0.4) is 0 Å². The largest absolute Gasteiger partial charge is 0.493 e. The van der Waals surface area contributed by atoms with E-state index in [0.29, 0.717) is 30.0 Å². The molecule has 2 heterocycles. The number of allylic oxidation sites excluding steroid dienone is 2. The number of ketones is 1. The summed E-state index contributed by atoms with van der Waals surface area (Å²) in [5.41, 5.74) is 9.62. The second kappa shape index (κ2) is 23.9. The highest BCUT2D eigenvalue weighted by molar-refractivity contribution is 6.07. The molecule has 8 nitrogen and oxygen atoms in total. The van der Waals surface area contributed by atoms with Crippen LogP contribution in [0.4, 0.5) is 19.0 Å². The molecule has 1 aliphatic heterocycles. The van der Waals surface area contributed by atoms with Gasteiger partial charge >= 0.3 is 6.18 Å². The predicted molar refractivity (Wildman–Crippen MR) is 235 cm³/mol. The Hall–Kier alpha value is -4.41. The maximum absolute atomic E-state index is 13.3. The molecule has 58 heavy (non-hydrogen) atoms. The van der Waals surface area contributed by atoms with Gasteiger partial charge in [0.1, 0.15) is 23.2 Å². The molecule has 0 spiro atoms. The number of nitrogens with one attached hydrogen (secondary N) is 1. The number of aromatic nitrogens is 1. The lowest BCUT2D eigenvalue weighted by Crippen LogP contribution is -2.34. The highest BCUT2D eigenvalue weighted by Crippen LogP contribution is 2.41. The van der Waals surface area contributed by atoms with E-state index in [1.54, 1.807) is 31.3 Å². The van der Waals surface area contributed by atoms with Gasteiger partial charge in [0.05, 0.1) is 17.9 Å². The molecule has 1 aliphatic rings. The molecular weight excluding hydrogens is 740 g/mol. The van der Waals surface area contributed by atoms with Gasteiger partial charge in [-0.2, -0.15) is 13.2 Å². The summed E-state index contributed by atoms with van der Waals surface area (Å²) in [4.78, 5) is 33.9. The van der Waals surface area contributed by atoms with Crippen LogP contribution in [0.2, 0.25) is 0 Å². The third kappa shape index (κ3) is 16.5.